The van der Waals surface area contributed by atoms with Crippen molar-refractivity contribution in [2.24, 2.45) is 0 Å². The Labute approximate surface area is 61.4 Å². The summed E-state index contributed by atoms with van der Waals surface area (Å²) in [5.41, 5.74) is 0. The summed E-state index contributed by atoms with van der Waals surface area (Å²) in [6, 6.07) is 0. The quantitative estimate of drug-likeness (QED) is 0.373. The van der Waals surface area contributed by atoms with Crippen molar-refractivity contribution in [1.82, 2.24) is 4.90 Å². The zero-order chi connectivity index (χ0) is 7.49. The summed E-state index contributed by atoms with van der Waals surface area (Å²) < 4.78 is 0. The third kappa shape index (κ3) is 3.04. The van der Waals surface area contributed by atoms with E-state index in [0.717, 1.165) is 6.42 Å². The molecule has 0 heterocycles. The molecule has 1 unspecified atom stereocenters. The maximum Gasteiger partial charge on any atom is 0.195 e. The van der Waals surface area contributed by atoms with Crippen LogP contribution in [0.4, 0.5) is 0 Å². The van der Waals surface area contributed by atoms with E-state index in [4.69, 9.17) is 11.6 Å². The molecule has 1 atom stereocenters. The first-order chi connectivity index (χ1) is 4.00. The molecule has 0 fully saturated rings. The van der Waals surface area contributed by atoms with E-state index in [-0.39, 0.29) is 0 Å². The van der Waals surface area contributed by atoms with Crippen LogP contribution in [0.15, 0.2) is 0 Å². The molecule has 0 aromatic rings. The van der Waals surface area contributed by atoms with Crippen molar-refractivity contribution in [3.63, 3.8) is 0 Å². The smallest absolute Gasteiger partial charge is 0.195 e. The molecule has 0 saturated carbocycles. The fourth-order valence-electron chi connectivity index (χ4n) is 0.542. The zero-order valence-corrected chi connectivity index (χ0v) is 6.94. The van der Waals surface area contributed by atoms with Gasteiger partial charge in [-0.25, -0.2) is 0 Å². The van der Waals surface area contributed by atoms with E-state index in [2.05, 4.69) is 0 Å². The highest BCUT2D eigenvalue weighted by Crippen LogP contribution is 2.19. The number of hydrogen-bond acceptors (Lipinski definition) is 2. The van der Waals surface area contributed by atoms with Crippen molar-refractivity contribution in [2.75, 3.05) is 14.1 Å². The lowest BCUT2D eigenvalue weighted by Crippen LogP contribution is -2.38. The van der Waals surface area contributed by atoms with Gasteiger partial charge in [0.1, 0.15) is 0 Å². The van der Waals surface area contributed by atoms with Gasteiger partial charge in [0.15, 0.2) is 5.18 Å². The third-order valence-electron chi connectivity index (χ3n) is 1.25. The van der Waals surface area contributed by atoms with E-state index >= 15 is 0 Å². The summed E-state index contributed by atoms with van der Waals surface area (Å²) in [4.78, 5) is 1.60. The van der Waals surface area contributed by atoms with Crippen LogP contribution in [-0.2, 0) is 0 Å². The van der Waals surface area contributed by atoms with Crippen LogP contribution in [0, 0.1) is 0 Å². The number of alkyl halides is 1. The van der Waals surface area contributed by atoms with Gasteiger partial charge in [0.2, 0.25) is 0 Å². The Morgan fingerprint density at radius 1 is 1.56 bits per heavy atom. The first-order valence-electron chi connectivity index (χ1n) is 3.09. The number of aliphatic hydroxyl groups is 1. The van der Waals surface area contributed by atoms with Gasteiger partial charge in [0, 0.05) is 6.42 Å². The molecule has 2 nitrogen and oxygen atoms in total. The summed E-state index contributed by atoms with van der Waals surface area (Å²) in [7, 11) is 3.51. The maximum absolute atomic E-state index is 9.28. The third-order valence-corrected chi connectivity index (χ3v) is 1.78. The van der Waals surface area contributed by atoms with Gasteiger partial charge >= 0.3 is 0 Å². The Morgan fingerprint density at radius 2 is 2.00 bits per heavy atom. The highest BCUT2D eigenvalue weighted by molar-refractivity contribution is 6.22. The predicted molar refractivity (Wildman–Crippen MR) is 39.4 cm³/mol. The van der Waals surface area contributed by atoms with Gasteiger partial charge in [-0.3, -0.25) is 4.90 Å². The molecule has 0 aliphatic heterocycles. The summed E-state index contributed by atoms with van der Waals surface area (Å²) in [6.45, 7) is 1.98. The average molecular weight is 152 g/mol. The highest BCUT2D eigenvalue weighted by Gasteiger charge is 2.23. The molecule has 0 rings (SSSR count). The first kappa shape index (κ1) is 9.21. The van der Waals surface area contributed by atoms with Crippen LogP contribution in [0.5, 0.6) is 0 Å². The van der Waals surface area contributed by atoms with E-state index in [0.29, 0.717) is 6.42 Å². The lowest BCUT2D eigenvalue weighted by molar-refractivity contribution is -0.0110. The first-order valence-corrected chi connectivity index (χ1v) is 3.47. The number of hydrogen-bond donors (Lipinski definition) is 1. The van der Waals surface area contributed by atoms with Crippen molar-refractivity contribution in [3.8, 4) is 0 Å². The van der Waals surface area contributed by atoms with E-state index in [1.54, 1.807) is 19.0 Å². The second kappa shape index (κ2) is 3.40. The van der Waals surface area contributed by atoms with Crippen molar-refractivity contribution in [2.45, 2.75) is 24.9 Å². The lowest BCUT2D eigenvalue weighted by Gasteiger charge is -2.27. The summed E-state index contributed by atoms with van der Waals surface area (Å²) >= 11 is 5.65. The van der Waals surface area contributed by atoms with Crippen molar-refractivity contribution >= 4 is 11.6 Å². The molecular weight excluding hydrogens is 138 g/mol. The zero-order valence-electron chi connectivity index (χ0n) is 6.19. The monoisotopic (exact) mass is 151 g/mol. The molecule has 0 aromatic heterocycles. The minimum atomic E-state index is -1.14. The fraction of sp³-hybridized carbons (Fsp3) is 1.00. The van der Waals surface area contributed by atoms with Crippen LogP contribution in [0.1, 0.15) is 19.8 Å². The van der Waals surface area contributed by atoms with Crippen LogP contribution in [-0.4, -0.2) is 29.3 Å². The lowest BCUT2D eigenvalue weighted by atomic mass is 10.3. The van der Waals surface area contributed by atoms with E-state index in [9.17, 15) is 5.11 Å². The molecule has 0 spiro atoms. The molecule has 56 valence electrons. The number of rotatable bonds is 3. The second-order valence-electron chi connectivity index (χ2n) is 2.36. The Balaban J connectivity index is 3.70. The van der Waals surface area contributed by atoms with E-state index < -0.39 is 5.18 Å². The maximum atomic E-state index is 9.28. The molecule has 9 heavy (non-hydrogen) atoms. The van der Waals surface area contributed by atoms with Crippen molar-refractivity contribution in [3.05, 3.63) is 0 Å². The van der Waals surface area contributed by atoms with Gasteiger partial charge < -0.3 is 5.11 Å². The predicted octanol–water partition coefficient (Wildman–Crippen LogP) is 1.23. The fourth-order valence-corrected chi connectivity index (χ4v) is 0.731. The van der Waals surface area contributed by atoms with Crippen LogP contribution in [0.25, 0.3) is 0 Å². The summed E-state index contributed by atoms with van der Waals surface area (Å²) in [5, 5.41) is 8.14. The molecule has 1 N–H and O–H groups in total. The Bertz CT molecular complexity index is 83.1. The van der Waals surface area contributed by atoms with E-state index in [1.807, 2.05) is 6.92 Å². The van der Waals surface area contributed by atoms with Gasteiger partial charge in [-0.2, -0.15) is 0 Å². The molecular formula is C6H14ClNO. The topological polar surface area (TPSA) is 23.5 Å². The van der Waals surface area contributed by atoms with Gasteiger partial charge in [-0.05, 0) is 14.1 Å². The second-order valence-corrected chi connectivity index (χ2v) is 2.97. The number of halogens is 1. The molecule has 3 heteroatoms. The molecule has 0 radical (unpaired) electrons. The van der Waals surface area contributed by atoms with Gasteiger partial charge in [0.05, 0.1) is 0 Å². The molecule has 0 amide bonds. The number of nitrogens with zero attached hydrogens (tertiary/aromatic N) is 1. The minimum absolute atomic E-state index is 0.599. The van der Waals surface area contributed by atoms with Crippen molar-refractivity contribution < 1.29 is 5.11 Å². The Morgan fingerprint density at radius 3 is 2.11 bits per heavy atom. The van der Waals surface area contributed by atoms with Crippen LogP contribution in [0.2, 0.25) is 0 Å². The van der Waals surface area contributed by atoms with Gasteiger partial charge in [-0.15, -0.1) is 0 Å². The summed E-state index contributed by atoms with van der Waals surface area (Å²) in [6.07, 6.45) is 1.49. The minimum Gasteiger partial charge on any atom is -0.363 e. The van der Waals surface area contributed by atoms with E-state index in [1.165, 1.54) is 0 Å². The molecule has 0 saturated heterocycles. The Hall–Kier alpha value is 0.210. The van der Waals surface area contributed by atoms with Crippen LogP contribution >= 0.6 is 11.6 Å². The molecule has 0 bridgehead atoms. The molecule has 0 aliphatic rings. The average Bonchev–Trinajstić information content (AvgIpc) is 1.65. The normalized spacial score (nSPS) is 18.0. The van der Waals surface area contributed by atoms with Crippen LogP contribution in [0.3, 0.4) is 0 Å². The Kier molecular flexibility index (Phi) is 3.48. The van der Waals surface area contributed by atoms with Gasteiger partial charge in [-0.1, -0.05) is 24.9 Å². The standard InChI is InChI=1S/C6H14ClNO/c1-4-5-6(7,9)8(2)3/h9H,4-5H2,1-3H3. The largest absolute Gasteiger partial charge is 0.363 e. The summed E-state index contributed by atoms with van der Waals surface area (Å²) in [5.74, 6) is 0. The SMILES string of the molecule is CCCC(O)(Cl)N(C)C. The molecule has 0 aliphatic carbocycles. The van der Waals surface area contributed by atoms with Crippen LogP contribution < -0.4 is 0 Å². The van der Waals surface area contributed by atoms with Crippen molar-refractivity contribution in [1.29, 1.82) is 0 Å². The highest BCUT2D eigenvalue weighted by atomic mass is 35.5. The molecule has 0 aromatic carbocycles. The van der Waals surface area contributed by atoms with Gasteiger partial charge in [0.25, 0.3) is 0 Å².